The highest BCUT2D eigenvalue weighted by Crippen LogP contribution is 2.48. The molecule has 2 aromatic carbocycles. The standard InChI is InChI=1S/C24H28ClF3N2O2S/c25-19-5-1-17(2-6-19)23(13-9-21(10-14-23)30-15-11-20(29)12-16-30)33(31,32)22-7-3-18(4-8-22)24(26,27)28/h1-8,20-21H,9-16,29H2. The molecule has 1 heterocycles. The first-order chi connectivity index (χ1) is 15.5. The molecule has 180 valence electrons. The Balaban J connectivity index is 1.66. The van der Waals surface area contributed by atoms with Crippen LogP contribution in [0.25, 0.3) is 0 Å². The molecule has 1 saturated heterocycles. The number of sulfone groups is 1. The van der Waals surface area contributed by atoms with E-state index in [-0.39, 0.29) is 17.0 Å². The van der Waals surface area contributed by atoms with Crippen molar-refractivity contribution in [2.75, 3.05) is 13.1 Å². The third-order valence-electron chi connectivity index (χ3n) is 7.23. The lowest BCUT2D eigenvalue weighted by molar-refractivity contribution is -0.137. The topological polar surface area (TPSA) is 63.4 Å². The van der Waals surface area contributed by atoms with Crippen molar-refractivity contribution >= 4 is 21.4 Å². The zero-order valence-corrected chi connectivity index (χ0v) is 19.8. The van der Waals surface area contributed by atoms with E-state index in [0.29, 0.717) is 36.3 Å². The number of rotatable bonds is 4. The maximum absolute atomic E-state index is 13.9. The molecule has 2 N–H and O–H groups in total. The van der Waals surface area contributed by atoms with Crippen molar-refractivity contribution in [1.82, 2.24) is 4.90 Å². The quantitative estimate of drug-likeness (QED) is 0.611. The second kappa shape index (κ2) is 9.21. The minimum absolute atomic E-state index is 0.0900. The normalized spacial score (nSPS) is 25.8. The average molecular weight is 501 g/mol. The van der Waals surface area contributed by atoms with Crippen molar-refractivity contribution in [2.24, 2.45) is 5.73 Å². The number of nitrogens with zero attached hydrogens (tertiary/aromatic N) is 1. The van der Waals surface area contributed by atoms with Gasteiger partial charge in [0.1, 0.15) is 4.75 Å². The Morgan fingerprint density at radius 3 is 1.97 bits per heavy atom. The van der Waals surface area contributed by atoms with E-state index >= 15 is 0 Å². The van der Waals surface area contributed by atoms with Gasteiger partial charge < -0.3 is 10.6 Å². The van der Waals surface area contributed by atoms with Crippen LogP contribution >= 0.6 is 11.6 Å². The zero-order chi connectivity index (χ0) is 23.9. The van der Waals surface area contributed by atoms with Crippen molar-refractivity contribution in [3.05, 3.63) is 64.7 Å². The molecule has 1 saturated carbocycles. The number of piperidine rings is 1. The number of benzene rings is 2. The number of hydrogen-bond acceptors (Lipinski definition) is 4. The van der Waals surface area contributed by atoms with Crippen LogP contribution in [0.3, 0.4) is 0 Å². The van der Waals surface area contributed by atoms with E-state index in [2.05, 4.69) is 4.90 Å². The Labute approximate surface area is 197 Å². The molecule has 1 aliphatic heterocycles. The van der Waals surface area contributed by atoms with Crippen LogP contribution in [0.15, 0.2) is 53.4 Å². The predicted molar refractivity (Wildman–Crippen MR) is 123 cm³/mol. The van der Waals surface area contributed by atoms with Gasteiger partial charge in [0.25, 0.3) is 0 Å². The van der Waals surface area contributed by atoms with E-state index in [0.717, 1.165) is 50.2 Å². The van der Waals surface area contributed by atoms with Gasteiger partial charge in [0, 0.05) is 17.1 Å². The summed E-state index contributed by atoms with van der Waals surface area (Å²) >= 11 is 6.05. The summed E-state index contributed by atoms with van der Waals surface area (Å²) < 4.78 is 65.7. The molecule has 4 rings (SSSR count). The summed E-state index contributed by atoms with van der Waals surface area (Å²) in [5.41, 5.74) is 5.79. The van der Waals surface area contributed by atoms with Gasteiger partial charge in [0.05, 0.1) is 10.5 Å². The lowest BCUT2D eigenvalue weighted by Crippen LogP contribution is -2.49. The van der Waals surface area contributed by atoms with Gasteiger partial charge in [0.2, 0.25) is 0 Å². The summed E-state index contributed by atoms with van der Waals surface area (Å²) in [5.74, 6) is 0. The summed E-state index contributed by atoms with van der Waals surface area (Å²) in [5, 5.41) is 0.499. The van der Waals surface area contributed by atoms with Gasteiger partial charge in [0.15, 0.2) is 9.84 Å². The SMILES string of the molecule is NC1CCN(C2CCC(c3ccc(Cl)cc3)(S(=O)(=O)c3ccc(C(F)(F)F)cc3)CC2)CC1. The Kier molecular flexibility index (Phi) is 6.84. The third-order valence-corrected chi connectivity index (χ3v) is 10.0. The van der Waals surface area contributed by atoms with Gasteiger partial charge in [-0.25, -0.2) is 8.42 Å². The fourth-order valence-corrected chi connectivity index (χ4v) is 7.52. The molecule has 0 unspecified atom stereocenters. The molecule has 4 nitrogen and oxygen atoms in total. The molecule has 9 heteroatoms. The summed E-state index contributed by atoms with van der Waals surface area (Å²) in [7, 11) is -3.96. The summed E-state index contributed by atoms with van der Waals surface area (Å²) in [6.45, 7) is 1.82. The monoisotopic (exact) mass is 500 g/mol. The van der Waals surface area contributed by atoms with E-state index in [4.69, 9.17) is 17.3 Å². The van der Waals surface area contributed by atoms with Crippen molar-refractivity contribution < 1.29 is 21.6 Å². The van der Waals surface area contributed by atoms with Gasteiger partial charge in [-0.2, -0.15) is 13.2 Å². The van der Waals surface area contributed by atoms with Crippen LogP contribution in [-0.2, 0) is 20.8 Å². The Morgan fingerprint density at radius 2 is 1.45 bits per heavy atom. The zero-order valence-electron chi connectivity index (χ0n) is 18.2. The molecule has 33 heavy (non-hydrogen) atoms. The number of alkyl halides is 3. The van der Waals surface area contributed by atoms with Gasteiger partial charge >= 0.3 is 6.18 Å². The van der Waals surface area contributed by atoms with E-state index in [1.165, 1.54) is 0 Å². The first kappa shape index (κ1) is 24.5. The molecule has 0 spiro atoms. The van der Waals surface area contributed by atoms with Crippen molar-refractivity contribution in [3.8, 4) is 0 Å². The highest BCUT2D eigenvalue weighted by atomic mass is 35.5. The molecule has 2 fully saturated rings. The van der Waals surface area contributed by atoms with Crippen LogP contribution in [0.2, 0.25) is 5.02 Å². The summed E-state index contributed by atoms with van der Waals surface area (Å²) in [6, 6.07) is 11.1. The fraction of sp³-hybridized carbons (Fsp3) is 0.500. The third kappa shape index (κ3) is 4.81. The molecule has 0 aromatic heterocycles. The Hall–Kier alpha value is -1.61. The molecular weight excluding hydrogens is 473 g/mol. The molecular formula is C24H28ClF3N2O2S. The highest BCUT2D eigenvalue weighted by molar-refractivity contribution is 7.92. The second-order valence-electron chi connectivity index (χ2n) is 9.13. The number of likely N-dealkylation sites (tertiary alicyclic amines) is 1. The first-order valence-electron chi connectivity index (χ1n) is 11.2. The Morgan fingerprint density at radius 1 is 0.909 bits per heavy atom. The fourth-order valence-electron chi connectivity index (χ4n) is 5.23. The lowest BCUT2D eigenvalue weighted by atomic mass is 9.80. The van der Waals surface area contributed by atoms with Crippen LogP contribution < -0.4 is 5.73 Å². The Bertz CT molecular complexity index is 1060. The van der Waals surface area contributed by atoms with Gasteiger partial charge in [-0.1, -0.05) is 23.7 Å². The molecule has 0 bridgehead atoms. The van der Waals surface area contributed by atoms with Crippen LogP contribution in [0.1, 0.15) is 49.7 Å². The summed E-state index contributed by atoms with van der Waals surface area (Å²) in [6.07, 6.45) is -0.484. The molecule has 0 amide bonds. The first-order valence-corrected chi connectivity index (χ1v) is 13.1. The van der Waals surface area contributed by atoms with Crippen LogP contribution in [-0.4, -0.2) is 38.5 Å². The maximum Gasteiger partial charge on any atom is 0.416 e. The average Bonchev–Trinajstić information content (AvgIpc) is 2.79. The maximum atomic E-state index is 13.9. The largest absolute Gasteiger partial charge is 0.416 e. The molecule has 1 aliphatic carbocycles. The molecule has 2 aliphatic rings. The minimum Gasteiger partial charge on any atom is -0.328 e. The number of nitrogens with two attached hydrogens (primary N) is 1. The van der Waals surface area contributed by atoms with E-state index in [9.17, 15) is 21.6 Å². The highest BCUT2D eigenvalue weighted by Gasteiger charge is 2.49. The van der Waals surface area contributed by atoms with Crippen molar-refractivity contribution in [2.45, 2.75) is 66.4 Å². The number of halogens is 4. The van der Waals surface area contributed by atoms with Crippen LogP contribution in [0, 0.1) is 0 Å². The van der Waals surface area contributed by atoms with E-state index in [1.54, 1.807) is 24.3 Å². The summed E-state index contributed by atoms with van der Waals surface area (Å²) in [4.78, 5) is 2.31. The van der Waals surface area contributed by atoms with E-state index < -0.39 is 26.3 Å². The van der Waals surface area contributed by atoms with Gasteiger partial charge in [-0.15, -0.1) is 0 Å². The lowest BCUT2D eigenvalue weighted by Gasteiger charge is -2.45. The number of hydrogen-bond donors (Lipinski definition) is 1. The minimum atomic E-state index is -4.52. The molecule has 2 aromatic rings. The van der Waals surface area contributed by atoms with E-state index in [1.807, 2.05) is 0 Å². The van der Waals surface area contributed by atoms with Gasteiger partial charge in [-0.3, -0.25) is 0 Å². The van der Waals surface area contributed by atoms with Crippen LogP contribution in [0.4, 0.5) is 13.2 Å². The van der Waals surface area contributed by atoms with Crippen LogP contribution in [0.5, 0.6) is 0 Å². The smallest absolute Gasteiger partial charge is 0.328 e. The molecule has 0 atom stereocenters. The predicted octanol–water partition coefficient (Wildman–Crippen LogP) is 5.39. The van der Waals surface area contributed by atoms with Crippen molar-refractivity contribution in [1.29, 1.82) is 0 Å². The van der Waals surface area contributed by atoms with Gasteiger partial charge in [-0.05, 0) is 93.6 Å². The molecule has 0 radical (unpaired) electrons. The van der Waals surface area contributed by atoms with Crippen molar-refractivity contribution in [3.63, 3.8) is 0 Å². The second-order valence-corrected chi connectivity index (χ2v) is 11.8.